The molecule has 0 amide bonds. The van der Waals surface area contributed by atoms with Gasteiger partial charge in [-0.25, -0.2) is 0 Å². The standard InChI is InChI=1S/C15H16O.BH2O2/c1-12-8-13(2)10-15(9-12)16-11-14-6-4-3-5-7-14;2-1-3/h3-10H,11H2,1-2H3;2-3H. The second-order valence-corrected chi connectivity index (χ2v) is 4.21. The molecule has 0 aromatic heterocycles. The van der Waals surface area contributed by atoms with Gasteiger partial charge < -0.3 is 14.8 Å². The summed E-state index contributed by atoms with van der Waals surface area (Å²) in [5.74, 6) is 0.946. The molecule has 1 radical (unpaired) electrons. The van der Waals surface area contributed by atoms with Gasteiger partial charge >= 0.3 is 7.69 Å². The summed E-state index contributed by atoms with van der Waals surface area (Å²) >= 11 is 0. The summed E-state index contributed by atoms with van der Waals surface area (Å²) in [6.45, 7) is 4.80. The van der Waals surface area contributed by atoms with E-state index in [1.165, 1.54) is 16.7 Å². The summed E-state index contributed by atoms with van der Waals surface area (Å²) < 4.78 is 5.75. The summed E-state index contributed by atoms with van der Waals surface area (Å²) in [7, 11) is 0. The van der Waals surface area contributed by atoms with Crippen molar-refractivity contribution in [1.82, 2.24) is 0 Å². The van der Waals surface area contributed by atoms with Crippen molar-refractivity contribution in [3.8, 4) is 5.75 Å². The number of hydrogen-bond donors (Lipinski definition) is 2. The third-order valence-electron chi connectivity index (χ3n) is 2.44. The van der Waals surface area contributed by atoms with Gasteiger partial charge in [0.05, 0.1) is 0 Å². The zero-order valence-electron chi connectivity index (χ0n) is 11.2. The van der Waals surface area contributed by atoms with Crippen LogP contribution < -0.4 is 4.74 Å². The van der Waals surface area contributed by atoms with E-state index >= 15 is 0 Å². The molecule has 0 aliphatic rings. The highest BCUT2D eigenvalue weighted by atomic mass is 16.5. The highest BCUT2D eigenvalue weighted by molar-refractivity contribution is 6.13. The third-order valence-corrected chi connectivity index (χ3v) is 2.44. The predicted molar refractivity (Wildman–Crippen MR) is 76.9 cm³/mol. The van der Waals surface area contributed by atoms with Gasteiger partial charge in [0.15, 0.2) is 0 Å². The Labute approximate surface area is 114 Å². The molecule has 3 nitrogen and oxygen atoms in total. The van der Waals surface area contributed by atoms with Crippen LogP contribution in [0.3, 0.4) is 0 Å². The SMILES string of the molecule is Cc1cc(C)cc(OCc2ccccc2)c1.O[B]O. The quantitative estimate of drug-likeness (QED) is 0.830. The predicted octanol–water partition coefficient (Wildman–Crippen LogP) is 2.39. The van der Waals surface area contributed by atoms with Crippen LogP contribution in [0.4, 0.5) is 0 Å². The minimum Gasteiger partial charge on any atom is -0.489 e. The summed E-state index contributed by atoms with van der Waals surface area (Å²) in [6.07, 6.45) is 0. The molecular formula is C15H18BO3. The molecule has 0 fully saturated rings. The van der Waals surface area contributed by atoms with E-state index in [2.05, 4.69) is 44.2 Å². The highest BCUT2D eigenvalue weighted by Crippen LogP contribution is 2.17. The minimum atomic E-state index is 0. The van der Waals surface area contributed by atoms with Crippen LogP contribution >= 0.6 is 0 Å². The van der Waals surface area contributed by atoms with Crippen molar-refractivity contribution in [2.45, 2.75) is 20.5 Å². The van der Waals surface area contributed by atoms with Gasteiger partial charge in [-0.05, 0) is 42.7 Å². The molecule has 0 saturated heterocycles. The first-order valence-corrected chi connectivity index (χ1v) is 6.01. The lowest BCUT2D eigenvalue weighted by Crippen LogP contribution is -1.95. The van der Waals surface area contributed by atoms with Crippen LogP contribution in [0.25, 0.3) is 0 Å². The Morgan fingerprint density at radius 3 is 2.00 bits per heavy atom. The van der Waals surface area contributed by atoms with Crippen molar-refractivity contribution in [2.24, 2.45) is 0 Å². The Hall–Kier alpha value is -1.78. The average Bonchev–Trinajstić information content (AvgIpc) is 2.37. The molecule has 2 aromatic rings. The Kier molecular flexibility index (Phi) is 6.72. The lowest BCUT2D eigenvalue weighted by Gasteiger charge is -2.08. The number of hydrogen-bond acceptors (Lipinski definition) is 3. The zero-order valence-corrected chi connectivity index (χ0v) is 11.2. The first-order chi connectivity index (χ1) is 9.15. The molecular weight excluding hydrogens is 239 g/mol. The Bertz CT molecular complexity index is 466. The van der Waals surface area contributed by atoms with E-state index in [9.17, 15) is 0 Å². The molecule has 99 valence electrons. The molecule has 0 heterocycles. The Morgan fingerprint density at radius 1 is 0.947 bits per heavy atom. The van der Waals surface area contributed by atoms with Gasteiger partial charge in [0.25, 0.3) is 0 Å². The van der Waals surface area contributed by atoms with E-state index in [1.807, 2.05) is 18.2 Å². The fourth-order valence-corrected chi connectivity index (χ4v) is 1.76. The van der Waals surface area contributed by atoms with Gasteiger partial charge in [-0.15, -0.1) is 0 Å². The first-order valence-electron chi connectivity index (χ1n) is 6.01. The van der Waals surface area contributed by atoms with Crippen LogP contribution in [0, 0.1) is 13.8 Å². The summed E-state index contributed by atoms with van der Waals surface area (Å²) in [5.41, 5.74) is 3.67. The molecule has 0 unspecified atom stereocenters. The second-order valence-electron chi connectivity index (χ2n) is 4.21. The van der Waals surface area contributed by atoms with Crippen LogP contribution in [-0.4, -0.2) is 17.7 Å². The normalized spacial score (nSPS) is 9.26. The van der Waals surface area contributed by atoms with Crippen molar-refractivity contribution in [3.63, 3.8) is 0 Å². The van der Waals surface area contributed by atoms with Crippen molar-refractivity contribution in [1.29, 1.82) is 0 Å². The molecule has 2 aromatic carbocycles. The third kappa shape index (κ3) is 6.09. The van der Waals surface area contributed by atoms with Gasteiger partial charge in [-0.2, -0.15) is 0 Å². The van der Waals surface area contributed by atoms with Gasteiger partial charge in [0.2, 0.25) is 0 Å². The smallest absolute Gasteiger partial charge is 0.482 e. The van der Waals surface area contributed by atoms with E-state index < -0.39 is 0 Å². The first kappa shape index (κ1) is 15.3. The molecule has 0 spiro atoms. The van der Waals surface area contributed by atoms with Crippen molar-refractivity contribution >= 4 is 7.69 Å². The molecule has 19 heavy (non-hydrogen) atoms. The summed E-state index contributed by atoms with van der Waals surface area (Å²) in [6, 6.07) is 16.5. The minimum absolute atomic E-state index is 0. The second kappa shape index (κ2) is 8.35. The van der Waals surface area contributed by atoms with Crippen LogP contribution in [-0.2, 0) is 6.61 Å². The zero-order chi connectivity index (χ0) is 14.1. The van der Waals surface area contributed by atoms with Gasteiger partial charge in [-0.3, -0.25) is 0 Å². The van der Waals surface area contributed by atoms with Crippen molar-refractivity contribution in [3.05, 3.63) is 65.2 Å². The molecule has 4 heteroatoms. The van der Waals surface area contributed by atoms with E-state index in [0.717, 1.165) is 5.75 Å². The maximum atomic E-state index is 7.00. The molecule has 0 aliphatic heterocycles. The number of ether oxygens (including phenoxy) is 1. The Morgan fingerprint density at radius 2 is 1.47 bits per heavy atom. The molecule has 2 rings (SSSR count). The number of rotatable bonds is 3. The van der Waals surface area contributed by atoms with Gasteiger partial charge in [0, 0.05) is 0 Å². The highest BCUT2D eigenvalue weighted by Gasteiger charge is 1.97. The maximum absolute atomic E-state index is 7.00. The lowest BCUT2D eigenvalue weighted by molar-refractivity contribution is 0.306. The average molecular weight is 257 g/mol. The van der Waals surface area contributed by atoms with Crippen LogP contribution in [0.1, 0.15) is 16.7 Å². The molecule has 0 aliphatic carbocycles. The van der Waals surface area contributed by atoms with Gasteiger partial charge in [-0.1, -0.05) is 36.4 Å². The fourth-order valence-electron chi connectivity index (χ4n) is 1.76. The molecule has 0 saturated carbocycles. The topological polar surface area (TPSA) is 49.7 Å². The van der Waals surface area contributed by atoms with E-state index in [1.54, 1.807) is 0 Å². The maximum Gasteiger partial charge on any atom is 0.482 e. The fraction of sp³-hybridized carbons (Fsp3) is 0.200. The Balaban J connectivity index is 0.000000550. The van der Waals surface area contributed by atoms with E-state index in [4.69, 9.17) is 14.8 Å². The lowest BCUT2D eigenvalue weighted by atomic mass is 10.1. The number of benzene rings is 2. The molecule has 0 bridgehead atoms. The van der Waals surface area contributed by atoms with Crippen LogP contribution in [0.2, 0.25) is 0 Å². The largest absolute Gasteiger partial charge is 0.489 e. The van der Waals surface area contributed by atoms with Crippen molar-refractivity contribution < 1.29 is 14.8 Å². The summed E-state index contributed by atoms with van der Waals surface area (Å²) in [5, 5.41) is 14.0. The van der Waals surface area contributed by atoms with Crippen LogP contribution in [0.5, 0.6) is 5.75 Å². The van der Waals surface area contributed by atoms with Crippen molar-refractivity contribution in [2.75, 3.05) is 0 Å². The van der Waals surface area contributed by atoms with Gasteiger partial charge in [0.1, 0.15) is 12.4 Å². The summed E-state index contributed by atoms with van der Waals surface area (Å²) in [4.78, 5) is 0. The number of aryl methyl sites for hydroxylation is 2. The van der Waals surface area contributed by atoms with Crippen LogP contribution in [0.15, 0.2) is 48.5 Å². The van der Waals surface area contributed by atoms with E-state index in [-0.39, 0.29) is 7.69 Å². The molecule has 0 atom stereocenters. The monoisotopic (exact) mass is 257 g/mol. The van der Waals surface area contributed by atoms with E-state index in [0.29, 0.717) is 6.61 Å². The molecule has 2 N–H and O–H groups in total.